The van der Waals surface area contributed by atoms with Gasteiger partial charge in [0.15, 0.2) is 0 Å². The molecule has 0 radical (unpaired) electrons. The highest BCUT2D eigenvalue weighted by Gasteiger charge is 2.07. The molecule has 0 aromatic heterocycles. The minimum atomic E-state index is 0.0299. The Balaban J connectivity index is 3.07. The van der Waals surface area contributed by atoms with Crippen molar-refractivity contribution >= 4 is 15.9 Å². The van der Waals surface area contributed by atoms with E-state index >= 15 is 0 Å². The average molecular weight is 195 g/mol. The molecule has 1 nitrogen and oxygen atoms in total. The molecule has 0 bridgehead atoms. The maximum absolute atomic E-state index is 5.44. The SMILES string of the molecule is CC(C)(C)OCCCBr. The number of halogens is 1. The van der Waals surface area contributed by atoms with E-state index in [1.54, 1.807) is 0 Å². The monoisotopic (exact) mass is 194 g/mol. The zero-order chi connectivity index (χ0) is 7.33. The lowest BCUT2D eigenvalue weighted by Gasteiger charge is -2.18. The maximum Gasteiger partial charge on any atom is 0.0598 e. The van der Waals surface area contributed by atoms with Crippen molar-refractivity contribution < 1.29 is 4.74 Å². The van der Waals surface area contributed by atoms with Gasteiger partial charge in [0, 0.05) is 11.9 Å². The van der Waals surface area contributed by atoms with E-state index in [1.165, 1.54) is 0 Å². The smallest absolute Gasteiger partial charge is 0.0598 e. The van der Waals surface area contributed by atoms with Crippen molar-refractivity contribution in [3.8, 4) is 0 Å². The molecule has 0 rings (SSSR count). The summed E-state index contributed by atoms with van der Waals surface area (Å²) in [6.07, 6.45) is 1.09. The summed E-state index contributed by atoms with van der Waals surface area (Å²) in [5.74, 6) is 0. The van der Waals surface area contributed by atoms with Crippen LogP contribution in [0.2, 0.25) is 0 Å². The Labute approximate surface area is 65.9 Å². The summed E-state index contributed by atoms with van der Waals surface area (Å²) < 4.78 is 5.44. The van der Waals surface area contributed by atoms with Gasteiger partial charge in [0.2, 0.25) is 0 Å². The molecule has 0 aliphatic heterocycles. The van der Waals surface area contributed by atoms with Crippen LogP contribution in [0, 0.1) is 0 Å². The van der Waals surface area contributed by atoms with Crippen LogP contribution in [-0.4, -0.2) is 17.5 Å². The minimum Gasteiger partial charge on any atom is -0.376 e. The van der Waals surface area contributed by atoms with Crippen molar-refractivity contribution in [2.75, 3.05) is 11.9 Å². The lowest BCUT2D eigenvalue weighted by Crippen LogP contribution is -2.19. The van der Waals surface area contributed by atoms with E-state index < -0.39 is 0 Å². The molecule has 0 aromatic carbocycles. The number of hydrogen-bond donors (Lipinski definition) is 0. The molecule has 0 fully saturated rings. The zero-order valence-corrected chi connectivity index (χ0v) is 7.99. The van der Waals surface area contributed by atoms with Crippen molar-refractivity contribution in [3.63, 3.8) is 0 Å². The molecule has 0 amide bonds. The van der Waals surface area contributed by atoms with Crippen LogP contribution in [0.5, 0.6) is 0 Å². The molecule has 56 valence electrons. The van der Waals surface area contributed by atoms with Gasteiger partial charge in [0.05, 0.1) is 5.60 Å². The molecule has 2 heteroatoms. The second-order valence-electron chi connectivity index (χ2n) is 3.00. The van der Waals surface area contributed by atoms with E-state index in [4.69, 9.17) is 4.74 Å². The molecule has 0 saturated carbocycles. The third kappa shape index (κ3) is 8.44. The van der Waals surface area contributed by atoms with Crippen LogP contribution in [0.4, 0.5) is 0 Å². The summed E-state index contributed by atoms with van der Waals surface area (Å²) in [5.41, 5.74) is 0.0299. The van der Waals surface area contributed by atoms with Gasteiger partial charge in [0.25, 0.3) is 0 Å². The summed E-state index contributed by atoms with van der Waals surface area (Å²) in [6, 6.07) is 0. The van der Waals surface area contributed by atoms with Crippen molar-refractivity contribution in [3.05, 3.63) is 0 Å². The largest absolute Gasteiger partial charge is 0.376 e. The first kappa shape index (κ1) is 9.44. The lowest BCUT2D eigenvalue weighted by molar-refractivity contribution is -0.00187. The van der Waals surface area contributed by atoms with Crippen molar-refractivity contribution in [1.29, 1.82) is 0 Å². The summed E-state index contributed by atoms with van der Waals surface area (Å²) in [7, 11) is 0. The van der Waals surface area contributed by atoms with Crippen LogP contribution < -0.4 is 0 Å². The molecule has 0 N–H and O–H groups in total. The van der Waals surface area contributed by atoms with Gasteiger partial charge in [-0.15, -0.1) is 0 Å². The van der Waals surface area contributed by atoms with Crippen molar-refractivity contribution in [1.82, 2.24) is 0 Å². The third-order valence-electron chi connectivity index (χ3n) is 0.813. The second kappa shape index (κ2) is 4.29. The lowest BCUT2D eigenvalue weighted by atomic mass is 10.2. The quantitative estimate of drug-likeness (QED) is 0.496. The second-order valence-corrected chi connectivity index (χ2v) is 3.80. The van der Waals surface area contributed by atoms with Gasteiger partial charge in [0.1, 0.15) is 0 Å². The standard InChI is InChI=1S/C7H15BrO/c1-7(2,3)9-6-4-5-8/h4-6H2,1-3H3. The molecule has 0 saturated heterocycles. The molecule has 9 heavy (non-hydrogen) atoms. The van der Waals surface area contributed by atoms with Gasteiger partial charge in [-0.3, -0.25) is 0 Å². The third-order valence-corrected chi connectivity index (χ3v) is 1.37. The topological polar surface area (TPSA) is 9.23 Å². The molecule has 0 heterocycles. The Morgan fingerprint density at radius 1 is 1.33 bits per heavy atom. The zero-order valence-electron chi connectivity index (χ0n) is 6.41. The molecule has 0 aliphatic carbocycles. The van der Waals surface area contributed by atoms with Crippen molar-refractivity contribution in [2.24, 2.45) is 0 Å². The normalized spacial score (nSPS) is 12.0. The Morgan fingerprint density at radius 2 is 1.89 bits per heavy atom. The molecule has 0 unspecified atom stereocenters. The number of ether oxygens (including phenoxy) is 1. The van der Waals surface area contributed by atoms with Crippen LogP contribution in [0.15, 0.2) is 0 Å². The average Bonchev–Trinajstić information content (AvgIpc) is 1.63. The Morgan fingerprint density at radius 3 is 2.22 bits per heavy atom. The van der Waals surface area contributed by atoms with E-state index in [0.717, 1.165) is 18.4 Å². The van der Waals surface area contributed by atoms with Gasteiger partial charge in [-0.2, -0.15) is 0 Å². The fourth-order valence-electron chi connectivity index (χ4n) is 0.433. The maximum atomic E-state index is 5.44. The van der Waals surface area contributed by atoms with E-state index in [9.17, 15) is 0 Å². The van der Waals surface area contributed by atoms with Gasteiger partial charge < -0.3 is 4.74 Å². The van der Waals surface area contributed by atoms with Gasteiger partial charge in [-0.25, -0.2) is 0 Å². The van der Waals surface area contributed by atoms with Gasteiger partial charge in [-0.1, -0.05) is 15.9 Å². The fraction of sp³-hybridized carbons (Fsp3) is 1.00. The van der Waals surface area contributed by atoms with Crippen molar-refractivity contribution in [2.45, 2.75) is 32.8 Å². The predicted octanol–water partition coefficient (Wildman–Crippen LogP) is 2.59. The van der Waals surface area contributed by atoms with E-state index in [-0.39, 0.29) is 5.60 Å². The van der Waals surface area contributed by atoms with Gasteiger partial charge in [-0.05, 0) is 27.2 Å². The summed E-state index contributed by atoms with van der Waals surface area (Å²) in [4.78, 5) is 0. The van der Waals surface area contributed by atoms with Crippen LogP contribution in [0.25, 0.3) is 0 Å². The van der Waals surface area contributed by atoms with Crippen LogP contribution in [0.1, 0.15) is 27.2 Å². The van der Waals surface area contributed by atoms with E-state index in [1.807, 2.05) is 0 Å². The fourth-order valence-corrected chi connectivity index (χ4v) is 0.662. The molecule has 0 spiro atoms. The highest BCUT2D eigenvalue weighted by molar-refractivity contribution is 9.09. The summed E-state index contributed by atoms with van der Waals surface area (Å²) in [5, 5.41) is 1.03. The minimum absolute atomic E-state index is 0.0299. The van der Waals surface area contributed by atoms with Crippen LogP contribution in [0.3, 0.4) is 0 Å². The molecular weight excluding hydrogens is 180 g/mol. The van der Waals surface area contributed by atoms with E-state index in [0.29, 0.717) is 0 Å². The molecule has 0 aliphatic rings. The highest BCUT2D eigenvalue weighted by Crippen LogP contribution is 2.06. The summed E-state index contributed by atoms with van der Waals surface area (Å²) >= 11 is 3.34. The molecular formula is C7H15BrO. The van der Waals surface area contributed by atoms with Gasteiger partial charge >= 0.3 is 0 Å². The first-order valence-corrected chi connectivity index (χ1v) is 4.38. The Kier molecular flexibility index (Phi) is 4.50. The Hall–Kier alpha value is 0.440. The Bertz CT molecular complexity index is 65.8. The molecule has 0 aromatic rings. The summed E-state index contributed by atoms with van der Waals surface area (Å²) in [6.45, 7) is 7.07. The first-order valence-electron chi connectivity index (χ1n) is 3.26. The number of rotatable bonds is 3. The predicted molar refractivity (Wildman–Crippen MR) is 44.1 cm³/mol. The van der Waals surface area contributed by atoms with Crippen LogP contribution in [-0.2, 0) is 4.74 Å². The van der Waals surface area contributed by atoms with Crippen LogP contribution >= 0.6 is 15.9 Å². The number of alkyl halides is 1. The molecule has 0 atom stereocenters. The van der Waals surface area contributed by atoms with E-state index in [2.05, 4.69) is 36.7 Å². The highest BCUT2D eigenvalue weighted by atomic mass is 79.9. The number of hydrogen-bond acceptors (Lipinski definition) is 1. The first-order chi connectivity index (χ1) is 4.06.